The fourth-order valence-corrected chi connectivity index (χ4v) is 2.72. The van der Waals surface area contributed by atoms with E-state index in [1.807, 2.05) is 0 Å². The summed E-state index contributed by atoms with van der Waals surface area (Å²) in [4.78, 5) is 21.0. The highest BCUT2D eigenvalue weighted by atomic mass is 16.5. The van der Waals surface area contributed by atoms with Crippen LogP contribution in [-0.4, -0.2) is 29.4 Å². The van der Waals surface area contributed by atoms with Gasteiger partial charge in [-0.15, -0.1) is 0 Å². The molecule has 5 heteroatoms. The lowest BCUT2D eigenvalue weighted by molar-refractivity contribution is 0.0685. The van der Waals surface area contributed by atoms with Crippen LogP contribution in [0.4, 0.5) is 0 Å². The molecule has 1 aliphatic carbocycles. The van der Waals surface area contributed by atoms with Crippen LogP contribution in [0, 0.1) is 11.3 Å². The zero-order valence-electron chi connectivity index (χ0n) is 11.6. The van der Waals surface area contributed by atoms with Gasteiger partial charge in [-0.2, -0.15) is 0 Å². The summed E-state index contributed by atoms with van der Waals surface area (Å²) < 4.78 is 5.13. The molecule has 0 bridgehead atoms. The lowest BCUT2D eigenvalue weighted by Gasteiger charge is -2.36. The fourth-order valence-electron chi connectivity index (χ4n) is 2.72. The molecule has 0 aliphatic heterocycles. The molecule has 2 rings (SSSR count). The molecule has 0 radical (unpaired) electrons. The van der Waals surface area contributed by atoms with Gasteiger partial charge in [0.1, 0.15) is 0 Å². The number of nitrogens with zero attached hydrogens (tertiary/aromatic N) is 2. The summed E-state index contributed by atoms with van der Waals surface area (Å²) in [5.41, 5.74) is 5.72. The average Bonchev–Trinajstić information content (AvgIpc) is 2.47. The summed E-state index contributed by atoms with van der Waals surface area (Å²) >= 11 is 0. The van der Waals surface area contributed by atoms with Gasteiger partial charge < -0.3 is 10.5 Å². The predicted octanol–water partition coefficient (Wildman–Crippen LogP) is 1.82. The van der Waals surface area contributed by atoms with Crippen LogP contribution < -0.4 is 10.5 Å². The van der Waals surface area contributed by atoms with Gasteiger partial charge in [0, 0.05) is 24.4 Å². The van der Waals surface area contributed by atoms with Gasteiger partial charge in [-0.05, 0) is 31.6 Å². The quantitative estimate of drug-likeness (QED) is 0.838. The number of methoxy groups -OCH3 is 1. The van der Waals surface area contributed by atoms with Crippen molar-refractivity contribution < 1.29 is 9.53 Å². The van der Waals surface area contributed by atoms with Gasteiger partial charge in [0.05, 0.1) is 7.11 Å². The van der Waals surface area contributed by atoms with Gasteiger partial charge in [0.15, 0.2) is 11.5 Å². The lowest BCUT2D eigenvalue weighted by Crippen LogP contribution is -2.42. The molecule has 19 heavy (non-hydrogen) atoms. The smallest absolute Gasteiger partial charge is 0.243 e. The molecule has 0 aromatic carbocycles. The molecule has 2 N–H and O–H groups in total. The first kappa shape index (κ1) is 13.9. The van der Waals surface area contributed by atoms with Crippen LogP contribution in [0.2, 0.25) is 0 Å². The second-order valence-corrected chi connectivity index (χ2v) is 5.41. The molecule has 0 amide bonds. The van der Waals surface area contributed by atoms with Crippen LogP contribution in [0.25, 0.3) is 0 Å². The predicted molar refractivity (Wildman–Crippen MR) is 72.0 cm³/mol. The second-order valence-electron chi connectivity index (χ2n) is 5.41. The summed E-state index contributed by atoms with van der Waals surface area (Å²) in [6, 6.07) is 0. The van der Waals surface area contributed by atoms with E-state index in [1.54, 1.807) is 0 Å². The first-order chi connectivity index (χ1) is 9.13. The molecule has 1 aliphatic rings. The topological polar surface area (TPSA) is 78.1 Å². The zero-order chi connectivity index (χ0) is 13.9. The monoisotopic (exact) mass is 263 g/mol. The van der Waals surface area contributed by atoms with E-state index in [9.17, 15) is 4.79 Å². The van der Waals surface area contributed by atoms with Crippen LogP contribution in [0.3, 0.4) is 0 Å². The molecular formula is C14H21N3O2. The minimum Gasteiger partial charge on any atom is -0.479 e. The number of carbonyl (C=O) groups excluding carboxylic acids is 1. The highest BCUT2D eigenvalue weighted by Gasteiger charge is 2.42. The van der Waals surface area contributed by atoms with Crippen molar-refractivity contribution in [2.45, 2.75) is 32.6 Å². The number of ketones is 1. The summed E-state index contributed by atoms with van der Waals surface area (Å²) in [5, 5.41) is 0. The third-order valence-electron chi connectivity index (χ3n) is 4.18. The number of aromatic nitrogens is 2. The largest absolute Gasteiger partial charge is 0.479 e. The molecule has 0 unspecified atom stereocenters. The van der Waals surface area contributed by atoms with E-state index in [4.69, 9.17) is 10.5 Å². The molecule has 1 aromatic rings. The maximum absolute atomic E-state index is 12.8. The average molecular weight is 263 g/mol. The van der Waals surface area contributed by atoms with Gasteiger partial charge in [0.2, 0.25) is 5.88 Å². The Morgan fingerprint density at radius 2 is 2.05 bits per heavy atom. The zero-order valence-corrected chi connectivity index (χ0v) is 11.6. The van der Waals surface area contributed by atoms with Gasteiger partial charge >= 0.3 is 0 Å². The van der Waals surface area contributed by atoms with E-state index in [0.29, 0.717) is 24.0 Å². The van der Waals surface area contributed by atoms with Gasteiger partial charge in [-0.1, -0.05) is 6.92 Å². The highest BCUT2D eigenvalue weighted by molar-refractivity contribution is 6.00. The van der Waals surface area contributed by atoms with Crippen LogP contribution >= 0.6 is 0 Å². The van der Waals surface area contributed by atoms with Gasteiger partial charge in [0.25, 0.3) is 0 Å². The van der Waals surface area contributed by atoms with Crippen LogP contribution in [0.5, 0.6) is 5.88 Å². The molecule has 0 saturated heterocycles. The maximum Gasteiger partial charge on any atom is 0.243 e. The molecule has 1 saturated carbocycles. The first-order valence-electron chi connectivity index (χ1n) is 6.73. The van der Waals surface area contributed by atoms with Crippen LogP contribution in [-0.2, 0) is 0 Å². The summed E-state index contributed by atoms with van der Waals surface area (Å²) in [7, 11) is 1.50. The van der Waals surface area contributed by atoms with Crippen molar-refractivity contribution in [3.63, 3.8) is 0 Å². The van der Waals surface area contributed by atoms with E-state index in [2.05, 4.69) is 16.9 Å². The van der Waals surface area contributed by atoms with Crippen molar-refractivity contribution >= 4 is 5.78 Å². The summed E-state index contributed by atoms with van der Waals surface area (Å²) in [5.74, 6) is 0.932. The lowest BCUT2D eigenvalue weighted by atomic mass is 9.67. The van der Waals surface area contributed by atoms with Crippen molar-refractivity contribution in [3.8, 4) is 5.88 Å². The number of Topliss-reactive ketones (excluding diaryl/α,β-unsaturated/α-hetero) is 1. The summed E-state index contributed by atoms with van der Waals surface area (Å²) in [6.07, 6.45) is 6.75. The molecule has 0 spiro atoms. The Bertz CT molecular complexity index is 454. The number of carbonyl (C=O) groups is 1. The Balaban J connectivity index is 2.30. The minimum absolute atomic E-state index is 0.0214. The highest BCUT2D eigenvalue weighted by Crippen LogP contribution is 2.41. The first-order valence-corrected chi connectivity index (χ1v) is 6.73. The van der Waals surface area contributed by atoms with Crippen LogP contribution in [0.1, 0.15) is 43.1 Å². The van der Waals surface area contributed by atoms with Crippen molar-refractivity contribution in [2.75, 3.05) is 13.7 Å². The van der Waals surface area contributed by atoms with E-state index < -0.39 is 5.41 Å². The Hall–Kier alpha value is -1.49. The third kappa shape index (κ3) is 2.61. The van der Waals surface area contributed by atoms with Crippen molar-refractivity contribution in [3.05, 3.63) is 18.1 Å². The SMILES string of the molecule is COc1nccnc1C(=O)C1(CN)CCC(C)CC1. The normalized spacial score (nSPS) is 27.0. The molecule has 1 aromatic heterocycles. The number of ether oxygens (including phenoxy) is 1. The summed E-state index contributed by atoms with van der Waals surface area (Å²) in [6.45, 7) is 2.58. The Labute approximate surface area is 113 Å². The fraction of sp³-hybridized carbons (Fsp3) is 0.643. The van der Waals surface area contributed by atoms with Crippen molar-refractivity contribution in [1.82, 2.24) is 9.97 Å². The molecular weight excluding hydrogens is 242 g/mol. The van der Waals surface area contributed by atoms with Crippen molar-refractivity contribution in [2.24, 2.45) is 17.1 Å². The second kappa shape index (κ2) is 5.65. The maximum atomic E-state index is 12.8. The molecule has 1 heterocycles. The van der Waals surface area contributed by atoms with E-state index in [0.717, 1.165) is 25.7 Å². The number of nitrogens with two attached hydrogens (primary N) is 1. The van der Waals surface area contributed by atoms with Crippen LogP contribution in [0.15, 0.2) is 12.4 Å². The Morgan fingerprint density at radius 1 is 1.42 bits per heavy atom. The Morgan fingerprint density at radius 3 is 2.63 bits per heavy atom. The van der Waals surface area contributed by atoms with Gasteiger partial charge in [-0.25, -0.2) is 9.97 Å². The third-order valence-corrected chi connectivity index (χ3v) is 4.18. The number of rotatable bonds is 4. The Kier molecular flexibility index (Phi) is 4.14. The van der Waals surface area contributed by atoms with Crippen molar-refractivity contribution in [1.29, 1.82) is 0 Å². The molecule has 0 atom stereocenters. The molecule has 5 nitrogen and oxygen atoms in total. The van der Waals surface area contributed by atoms with E-state index in [-0.39, 0.29) is 5.78 Å². The standard InChI is InChI=1S/C14H21N3O2/c1-10-3-5-14(9-15,6-4-10)12(18)11-13(19-2)17-8-7-16-11/h7-8,10H,3-6,9,15H2,1-2H3. The van der Waals surface area contributed by atoms with E-state index in [1.165, 1.54) is 19.5 Å². The van der Waals surface area contributed by atoms with Gasteiger partial charge in [-0.3, -0.25) is 4.79 Å². The molecule has 104 valence electrons. The van der Waals surface area contributed by atoms with E-state index >= 15 is 0 Å². The number of hydrogen-bond acceptors (Lipinski definition) is 5. The number of hydrogen-bond donors (Lipinski definition) is 1. The molecule has 1 fully saturated rings. The minimum atomic E-state index is -0.490.